The maximum atomic E-state index is 11.7. The van der Waals surface area contributed by atoms with Crippen LogP contribution in [0.25, 0.3) is 0 Å². The zero-order valence-electron chi connectivity index (χ0n) is 8.11. The van der Waals surface area contributed by atoms with Gasteiger partial charge in [-0.1, -0.05) is 0 Å². The first-order valence-electron chi connectivity index (χ1n) is 5.07. The molecule has 0 bridgehead atoms. The summed E-state index contributed by atoms with van der Waals surface area (Å²) in [6.45, 7) is 1.55. The Balaban J connectivity index is 1.87. The second-order valence-corrected chi connectivity index (χ2v) is 3.83. The summed E-state index contributed by atoms with van der Waals surface area (Å²) in [6, 6.07) is 0.127. The van der Waals surface area contributed by atoms with Gasteiger partial charge in [-0.15, -0.1) is 0 Å². The van der Waals surface area contributed by atoms with E-state index in [0.29, 0.717) is 25.8 Å². The second-order valence-electron chi connectivity index (χ2n) is 3.83. The molecule has 1 saturated carbocycles. The number of hydrogen-bond donors (Lipinski definition) is 2. The van der Waals surface area contributed by atoms with E-state index in [1.165, 1.54) is 0 Å². The number of amides is 2. The minimum Gasteiger partial charge on any atom is -0.394 e. The van der Waals surface area contributed by atoms with Crippen molar-refractivity contribution in [1.82, 2.24) is 10.2 Å². The first-order valence-corrected chi connectivity index (χ1v) is 5.07. The van der Waals surface area contributed by atoms with Crippen LogP contribution in [0.5, 0.6) is 0 Å². The number of hydrogen-bond acceptors (Lipinski definition) is 3. The molecule has 0 aromatic heterocycles. The summed E-state index contributed by atoms with van der Waals surface area (Å²) >= 11 is 0. The van der Waals surface area contributed by atoms with Gasteiger partial charge in [-0.3, -0.25) is 0 Å². The highest BCUT2D eigenvalue weighted by Crippen LogP contribution is 2.19. The molecule has 1 aliphatic heterocycles. The minimum atomic E-state index is -0.178. The van der Waals surface area contributed by atoms with Gasteiger partial charge in [-0.25, -0.2) is 4.79 Å². The molecule has 14 heavy (non-hydrogen) atoms. The van der Waals surface area contributed by atoms with E-state index in [2.05, 4.69) is 5.32 Å². The Morgan fingerprint density at radius 2 is 2.36 bits per heavy atom. The van der Waals surface area contributed by atoms with Gasteiger partial charge in [0, 0.05) is 12.6 Å². The van der Waals surface area contributed by atoms with Crippen LogP contribution in [-0.2, 0) is 4.74 Å². The van der Waals surface area contributed by atoms with Crippen molar-refractivity contribution in [2.24, 2.45) is 0 Å². The molecule has 1 aliphatic carbocycles. The van der Waals surface area contributed by atoms with Crippen LogP contribution in [0, 0.1) is 0 Å². The molecule has 1 atom stereocenters. The van der Waals surface area contributed by atoms with Crippen molar-refractivity contribution in [1.29, 1.82) is 0 Å². The summed E-state index contributed by atoms with van der Waals surface area (Å²) in [4.78, 5) is 13.3. The molecule has 2 rings (SSSR count). The normalized spacial score (nSPS) is 27.5. The van der Waals surface area contributed by atoms with Gasteiger partial charge in [0.25, 0.3) is 0 Å². The van der Waals surface area contributed by atoms with E-state index >= 15 is 0 Å². The first kappa shape index (κ1) is 9.73. The highest BCUT2D eigenvalue weighted by atomic mass is 16.5. The number of nitrogens with zero attached hydrogens (tertiary/aromatic N) is 1. The number of ether oxygens (including phenoxy) is 1. The molecule has 2 aliphatic rings. The van der Waals surface area contributed by atoms with Crippen molar-refractivity contribution in [3.8, 4) is 0 Å². The molecule has 5 nitrogen and oxygen atoms in total. The summed E-state index contributed by atoms with van der Waals surface area (Å²) in [6.07, 6.45) is 2.17. The quantitative estimate of drug-likeness (QED) is 0.634. The molecule has 2 fully saturated rings. The van der Waals surface area contributed by atoms with Crippen molar-refractivity contribution in [2.45, 2.75) is 24.9 Å². The predicted molar refractivity (Wildman–Crippen MR) is 50.0 cm³/mol. The molecular weight excluding hydrogens is 184 g/mol. The van der Waals surface area contributed by atoms with E-state index in [9.17, 15) is 4.79 Å². The molecule has 0 aromatic rings. The molecule has 2 amide bonds. The topological polar surface area (TPSA) is 61.8 Å². The van der Waals surface area contributed by atoms with Gasteiger partial charge in [-0.05, 0) is 12.8 Å². The van der Waals surface area contributed by atoms with E-state index < -0.39 is 0 Å². The number of rotatable bonds is 2. The number of nitrogens with one attached hydrogen (secondary N) is 1. The number of urea groups is 1. The molecule has 0 radical (unpaired) electrons. The zero-order chi connectivity index (χ0) is 9.97. The lowest BCUT2D eigenvalue weighted by Crippen LogP contribution is -2.54. The van der Waals surface area contributed by atoms with E-state index in [4.69, 9.17) is 9.84 Å². The molecule has 1 unspecified atom stereocenters. The van der Waals surface area contributed by atoms with Crippen LogP contribution >= 0.6 is 0 Å². The Kier molecular flexibility index (Phi) is 2.88. The Morgan fingerprint density at radius 1 is 1.57 bits per heavy atom. The van der Waals surface area contributed by atoms with Gasteiger partial charge in [-0.2, -0.15) is 0 Å². The first-order chi connectivity index (χ1) is 6.81. The van der Waals surface area contributed by atoms with E-state index in [1.54, 1.807) is 4.90 Å². The summed E-state index contributed by atoms with van der Waals surface area (Å²) in [5.41, 5.74) is 0. The van der Waals surface area contributed by atoms with Crippen molar-refractivity contribution in [3.63, 3.8) is 0 Å². The third-order valence-corrected chi connectivity index (χ3v) is 2.60. The van der Waals surface area contributed by atoms with Gasteiger partial charge >= 0.3 is 6.03 Å². The molecule has 0 aromatic carbocycles. The Hall–Kier alpha value is -0.810. The predicted octanol–water partition coefficient (Wildman–Crippen LogP) is -0.449. The van der Waals surface area contributed by atoms with Crippen LogP contribution in [0.1, 0.15) is 12.8 Å². The Morgan fingerprint density at radius 3 is 3.00 bits per heavy atom. The lowest BCUT2D eigenvalue weighted by molar-refractivity contribution is -0.00766. The monoisotopic (exact) mass is 200 g/mol. The van der Waals surface area contributed by atoms with Crippen molar-refractivity contribution in [3.05, 3.63) is 0 Å². The third-order valence-electron chi connectivity index (χ3n) is 2.60. The largest absolute Gasteiger partial charge is 0.394 e. The average Bonchev–Trinajstić information content (AvgIpc) is 3.01. The van der Waals surface area contributed by atoms with Crippen LogP contribution in [-0.4, -0.2) is 54.5 Å². The molecule has 5 heteroatoms. The fourth-order valence-corrected chi connectivity index (χ4v) is 1.56. The molecule has 1 heterocycles. The van der Waals surface area contributed by atoms with E-state index in [0.717, 1.165) is 12.8 Å². The zero-order valence-corrected chi connectivity index (χ0v) is 8.11. The van der Waals surface area contributed by atoms with Crippen LogP contribution in [0.3, 0.4) is 0 Å². The fraction of sp³-hybridized carbons (Fsp3) is 0.889. The SMILES string of the molecule is O=C(NC1CC1)N1CCOCC1CO. The van der Waals surface area contributed by atoms with Crippen molar-refractivity contribution in [2.75, 3.05) is 26.4 Å². The molecular formula is C9H16N2O3. The van der Waals surface area contributed by atoms with Gasteiger partial charge in [0.05, 0.1) is 25.9 Å². The number of carbonyl (C=O) groups is 1. The van der Waals surface area contributed by atoms with Gasteiger partial charge in [0.1, 0.15) is 0 Å². The Bertz CT molecular complexity index is 218. The van der Waals surface area contributed by atoms with Crippen LogP contribution in [0.15, 0.2) is 0 Å². The highest BCUT2D eigenvalue weighted by molar-refractivity contribution is 5.75. The fourth-order valence-electron chi connectivity index (χ4n) is 1.56. The van der Waals surface area contributed by atoms with Gasteiger partial charge in [0.15, 0.2) is 0 Å². The number of carbonyl (C=O) groups excluding carboxylic acids is 1. The van der Waals surface area contributed by atoms with Crippen molar-refractivity contribution < 1.29 is 14.6 Å². The van der Waals surface area contributed by atoms with E-state index in [-0.39, 0.29) is 18.7 Å². The number of aliphatic hydroxyl groups excluding tert-OH is 1. The van der Waals surface area contributed by atoms with Crippen LogP contribution in [0.2, 0.25) is 0 Å². The smallest absolute Gasteiger partial charge is 0.318 e. The lowest BCUT2D eigenvalue weighted by atomic mass is 10.2. The maximum absolute atomic E-state index is 11.7. The Labute approximate surface area is 83.0 Å². The summed E-state index contributed by atoms with van der Waals surface area (Å²) < 4.78 is 5.19. The third kappa shape index (κ3) is 2.16. The lowest BCUT2D eigenvalue weighted by Gasteiger charge is -2.34. The van der Waals surface area contributed by atoms with E-state index in [1.807, 2.05) is 0 Å². The van der Waals surface area contributed by atoms with Crippen LogP contribution in [0.4, 0.5) is 4.79 Å². The van der Waals surface area contributed by atoms with Crippen molar-refractivity contribution >= 4 is 6.03 Å². The maximum Gasteiger partial charge on any atom is 0.318 e. The summed E-state index contributed by atoms with van der Waals surface area (Å²) in [7, 11) is 0. The summed E-state index contributed by atoms with van der Waals surface area (Å²) in [5, 5.41) is 12.0. The standard InChI is InChI=1S/C9H16N2O3/c12-5-8-6-14-4-3-11(8)9(13)10-7-1-2-7/h7-8,12H,1-6H2,(H,10,13). The summed E-state index contributed by atoms with van der Waals surface area (Å²) in [5.74, 6) is 0. The molecule has 80 valence electrons. The van der Waals surface area contributed by atoms with Crippen LogP contribution < -0.4 is 5.32 Å². The second kappa shape index (κ2) is 4.14. The molecule has 0 spiro atoms. The molecule has 2 N–H and O–H groups in total. The van der Waals surface area contributed by atoms with Gasteiger partial charge in [0.2, 0.25) is 0 Å². The average molecular weight is 200 g/mol. The van der Waals surface area contributed by atoms with Gasteiger partial charge < -0.3 is 20.1 Å². The highest BCUT2D eigenvalue weighted by Gasteiger charge is 2.30. The minimum absolute atomic E-state index is 0.0297. The number of morpholine rings is 1. The molecule has 1 saturated heterocycles. The number of aliphatic hydroxyl groups is 1.